The SMILES string of the molecule is O=C(CCc1ncc(-c2ccc(F)cc2)o1)Nc1nc2ccc(Br)cc2s1. The van der Waals surface area contributed by atoms with Crippen molar-refractivity contribution in [2.75, 3.05) is 5.32 Å². The summed E-state index contributed by atoms with van der Waals surface area (Å²) in [6.45, 7) is 0. The second kappa shape index (κ2) is 7.58. The summed E-state index contributed by atoms with van der Waals surface area (Å²) in [7, 11) is 0. The van der Waals surface area contributed by atoms with Crippen molar-refractivity contribution in [1.29, 1.82) is 0 Å². The molecule has 2 heterocycles. The van der Waals surface area contributed by atoms with Crippen molar-refractivity contribution in [1.82, 2.24) is 9.97 Å². The average molecular weight is 446 g/mol. The van der Waals surface area contributed by atoms with Gasteiger partial charge in [0.15, 0.2) is 16.8 Å². The first kappa shape index (κ1) is 17.8. The number of nitrogens with one attached hydrogen (secondary N) is 1. The van der Waals surface area contributed by atoms with Crippen molar-refractivity contribution < 1.29 is 13.6 Å². The van der Waals surface area contributed by atoms with E-state index in [0.29, 0.717) is 23.2 Å². The summed E-state index contributed by atoms with van der Waals surface area (Å²) in [6.07, 6.45) is 2.17. The van der Waals surface area contributed by atoms with Crippen LogP contribution < -0.4 is 5.32 Å². The van der Waals surface area contributed by atoms with E-state index in [1.54, 1.807) is 18.3 Å². The van der Waals surface area contributed by atoms with E-state index in [0.717, 1.165) is 20.3 Å². The number of carbonyl (C=O) groups is 1. The van der Waals surface area contributed by atoms with Crippen molar-refractivity contribution in [3.05, 3.63) is 64.8 Å². The lowest BCUT2D eigenvalue weighted by Crippen LogP contribution is -2.12. The highest BCUT2D eigenvalue weighted by Gasteiger charge is 2.11. The van der Waals surface area contributed by atoms with Gasteiger partial charge in [0.05, 0.1) is 16.4 Å². The van der Waals surface area contributed by atoms with Gasteiger partial charge in [0, 0.05) is 22.9 Å². The van der Waals surface area contributed by atoms with Crippen LogP contribution in [-0.2, 0) is 11.2 Å². The smallest absolute Gasteiger partial charge is 0.226 e. The minimum atomic E-state index is -0.308. The van der Waals surface area contributed by atoms with Gasteiger partial charge in [-0.25, -0.2) is 14.4 Å². The van der Waals surface area contributed by atoms with Crippen LogP contribution in [0, 0.1) is 5.82 Å². The summed E-state index contributed by atoms with van der Waals surface area (Å²) in [5.41, 5.74) is 1.58. The fraction of sp³-hybridized carbons (Fsp3) is 0.105. The van der Waals surface area contributed by atoms with Gasteiger partial charge in [-0.05, 0) is 42.5 Å². The maximum absolute atomic E-state index is 13.0. The van der Waals surface area contributed by atoms with Gasteiger partial charge in [-0.3, -0.25) is 4.79 Å². The molecule has 1 amide bonds. The number of carbonyl (C=O) groups excluding carboxylic acids is 1. The minimum absolute atomic E-state index is 0.158. The Morgan fingerprint density at radius 2 is 2.04 bits per heavy atom. The Kier molecular flexibility index (Phi) is 5.00. The molecule has 2 aromatic heterocycles. The normalized spacial score (nSPS) is 11.0. The summed E-state index contributed by atoms with van der Waals surface area (Å²) in [5, 5.41) is 3.37. The number of hydrogen-bond donors (Lipinski definition) is 1. The monoisotopic (exact) mass is 445 g/mol. The van der Waals surface area contributed by atoms with E-state index in [4.69, 9.17) is 4.42 Å². The van der Waals surface area contributed by atoms with Gasteiger partial charge in [0.1, 0.15) is 5.82 Å². The van der Waals surface area contributed by atoms with Gasteiger partial charge in [-0.2, -0.15) is 0 Å². The average Bonchev–Trinajstić information content (AvgIpc) is 3.26. The van der Waals surface area contributed by atoms with Gasteiger partial charge in [0.25, 0.3) is 0 Å². The highest BCUT2D eigenvalue weighted by atomic mass is 79.9. The van der Waals surface area contributed by atoms with Gasteiger partial charge >= 0.3 is 0 Å². The Labute approximate surface area is 166 Å². The molecule has 1 N–H and O–H groups in total. The molecule has 0 atom stereocenters. The predicted molar refractivity (Wildman–Crippen MR) is 106 cm³/mol. The molecule has 5 nitrogen and oxygen atoms in total. The molecule has 0 aliphatic carbocycles. The lowest BCUT2D eigenvalue weighted by molar-refractivity contribution is -0.116. The van der Waals surface area contributed by atoms with Gasteiger partial charge < -0.3 is 9.73 Å². The second-order valence-corrected chi connectivity index (χ2v) is 7.75. The van der Waals surface area contributed by atoms with Crippen molar-refractivity contribution in [3.63, 3.8) is 0 Å². The Balaban J connectivity index is 1.36. The molecule has 0 aliphatic rings. The van der Waals surface area contributed by atoms with Crippen LogP contribution in [0.1, 0.15) is 12.3 Å². The number of aromatic nitrogens is 2. The topological polar surface area (TPSA) is 68.0 Å². The molecular weight excluding hydrogens is 433 g/mol. The maximum atomic E-state index is 13.0. The number of halogens is 2. The van der Waals surface area contributed by atoms with Crippen LogP contribution in [0.2, 0.25) is 0 Å². The Hall–Kier alpha value is -2.58. The van der Waals surface area contributed by atoms with E-state index in [9.17, 15) is 9.18 Å². The van der Waals surface area contributed by atoms with Crippen LogP contribution >= 0.6 is 27.3 Å². The molecule has 0 spiro atoms. The van der Waals surface area contributed by atoms with Crippen LogP contribution in [0.25, 0.3) is 21.5 Å². The summed E-state index contributed by atoms with van der Waals surface area (Å²) >= 11 is 4.84. The molecule has 0 saturated heterocycles. The second-order valence-electron chi connectivity index (χ2n) is 5.80. The number of benzene rings is 2. The third-order valence-corrected chi connectivity index (χ3v) is 5.27. The summed E-state index contributed by atoms with van der Waals surface area (Å²) in [6, 6.07) is 11.7. The first-order valence-corrected chi connectivity index (χ1v) is 9.74. The molecule has 4 aromatic rings. The zero-order valence-corrected chi connectivity index (χ0v) is 16.3. The number of thiazole rings is 1. The summed E-state index contributed by atoms with van der Waals surface area (Å²) in [5.74, 6) is 0.534. The van der Waals surface area contributed by atoms with Crippen molar-refractivity contribution >= 4 is 48.5 Å². The number of amides is 1. The van der Waals surface area contributed by atoms with E-state index < -0.39 is 0 Å². The molecule has 0 radical (unpaired) electrons. The zero-order valence-electron chi connectivity index (χ0n) is 13.9. The molecular formula is C19H13BrFN3O2S. The van der Waals surface area contributed by atoms with Crippen molar-refractivity contribution in [3.8, 4) is 11.3 Å². The van der Waals surface area contributed by atoms with E-state index in [1.807, 2.05) is 18.2 Å². The number of oxazole rings is 1. The van der Waals surface area contributed by atoms with Gasteiger partial charge in [-0.15, -0.1) is 0 Å². The van der Waals surface area contributed by atoms with E-state index >= 15 is 0 Å². The number of nitrogens with zero attached hydrogens (tertiary/aromatic N) is 2. The molecule has 8 heteroatoms. The molecule has 136 valence electrons. The molecule has 0 saturated carbocycles. The lowest BCUT2D eigenvalue weighted by atomic mass is 10.2. The van der Waals surface area contributed by atoms with Crippen molar-refractivity contribution in [2.45, 2.75) is 12.8 Å². The third kappa shape index (κ3) is 4.23. The first-order valence-electron chi connectivity index (χ1n) is 8.13. The Morgan fingerprint density at radius 3 is 2.85 bits per heavy atom. The fourth-order valence-electron chi connectivity index (χ4n) is 2.53. The molecule has 0 aliphatic heterocycles. The largest absolute Gasteiger partial charge is 0.441 e. The van der Waals surface area contributed by atoms with Gasteiger partial charge in [-0.1, -0.05) is 27.3 Å². The fourth-order valence-corrected chi connectivity index (χ4v) is 3.96. The number of anilines is 1. The maximum Gasteiger partial charge on any atom is 0.226 e. The molecule has 27 heavy (non-hydrogen) atoms. The highest BCUT2D eigenvalue weighted by Crippen LogP contribution is 2.28. The van der Waals surface area contributed by atoms with Crippen LogP contribution in [0.4, 0.5) is 9.52 Å². The number of rotatable bonds is 5. The van der Waals surface area contributed by atoms with E-state index in [1.165, 1.54) is 23.5 Å². The third-order valence-electron chi connectivity index (χ3n) is 3.85. The standard InChI is InChI=1S/C19H13BrFN3O2S/c20-12-3-6-14-16(9-12)27-19(23-14)24-17(25)7-8-18-22-10-15(26-18)11-1-4-13(21)5-2-11/h1-6,9-10H,7-8H2,(H,23,24,25). The summed E-state index contributed by atoms with van der Waals surface area (Å²) < 4.78 is 20.6. The highest BCUT2D eigenvalue weighted by molar-refractivity contribution is 9.10. The molecule has 0 bridgehead atoms. The Morgan fingerprint density at radius 1 is 1.22 bits per heavy atom. The predicted octanol–water partition coefficient (Wildman–Crippen LogP) is 5.42. The first-order chi connectivity index (χ1) is 13.1. The van der Waals surface area contributed by atoms with Crippen LogP contribution in [0.15, 0.2) is 57.6 Å². The number of hydrogen-bond acceptors (Lipinski definition) is 5. The molecule has 4 rings (SSSR count). The molecule has 2 aromatic carbocycles. The van der Waals surface area contributed by atoms with Gasteiger partial charge in [0.2, 0.25) is 5.91 Å². The molecule has 0 fully saturated rings. The van der Waals surface area contributed by atoms with E-state index in [-0.39, 0.29) is 18.1 Å². The summed E-state index contributed by atoms with van der Waals surface area (Å²) in [4.78, 5) is 20.8. The van der Waals surface area contributed by atoms with Crippen LogP contribution in [0.5, 0.6) is 0 Å². The number of fused-ring (bicyclic) bond motifs is 1. The quantitative estimate of drug-likeness (QED) is 0.444. The van der Waals surface area contributed by atoms with Crippen LogP contribution in [0.3, 0.4) is 0 Å². The lowest BCUT2D eigenvalue weighted by Gasteiger charge is -1.99. The van der Waals surface area contributed by atoms with Crippen molar-refractivity contribution in [2.24, 2.45) is 0 Å². The number of aryl methyl sites for hydroxylation is 1. The zero-order chi connectivity index (χ0) is 18.8. The Bertz CT molecular complexity index is 1110. The van der Waals surface area contributed by atoms with Crippen LogP contribution in [-0.4, -0.2) is 15.9 Å². The molecule has 0 unspecified atom stereocenters. The minimum Gasteiger partial charge on any atom is -0.441 e. The van der Waals surface area contributed by atoms with E-state index in [2.05, 4.69) is 31.2 Å².